The van der Waals surface area contributed by atoms with Gasteiger partial charge in [-0.2, -0.15) is 0 Å². The molecular weight excluding hydrogens is 426 g/mol. The fourth-order valence-electron chi connectivity index (χ4n) is 3.03. The average Bonchev–Trinajstić information content (AvgIpc) is 2.73. The van der Waals surface area contributed by atoms with Crippen molar-refractivity contribution < 1.29 is 32.6 Å². The Labute approximate surface area is 184 Å². The normalized spacial score (nSPS) is 14.8. The van der Waals surface area contributed by atoms with E-state index >= 15 is 0 Å². The number of carbonyl (C=O) groups excluding carboxylic acids is 1. The van der Waals surface area contributed by atoms with Crippen LogP contribution in [0, 0.1) is 11.6 Å². The minimum atomic E-state index is -0.733. The first kappa shape index (κ1) is 23.5. The zero-order valence-electron chi connectivity index (χ0n) is 18.1. The van der Waals surface area contributed by atoms with Gasteiger partial charge in [0.25, 0.3) is 0 Å². The maximum atomic E-state index is 14.3. The molecule has 0 bridgehead atoms. The van der Waals surface area contributed by atoms with Crippen LogP contribution in [0.3, 0.4) is 0 Å². The quantitative estimate of drug-likeness (QED) is 0.591. The minimum Gasteiger partial charge on any atom is -0.491 e. The van der Waals surface area contributed by atoms with Gasteiger partial charge in [0.1, 0.15) is 18.2 Å². The van der Waals surface area contributed by atoms with E-state index in [4.69, 9.17) is 19.0 Å². The summed E-state index contributed by atoms with van der Waals surface area (Å²) in [5.74, 6) is -0.996. The van der Waals surface area contributed by atoms with E-state index in [0.29, 0.717) is 25.9 Å². The maximum absolute atomic E-state index is 14.3. The standard InChI is InChI=1S/C21H26F2N4O5/c1-4-29-18-10-15(22)17(9-16(18)23)26-19-11-20(25-12-24-19)31-14-5-7-27(8-6-14)32-21(28)30-13(2)3/h9-14H,4-8H2,1-3H3,(H,24,25,26). The van der Waals surface area contributed by atoms with Gasteiger partial charge in [-0.25, -0.2) is 23.5 Å². The number of benzene rings is 1. The summed E-state index contributed by atoms with van der Waals surface area (Å²) in [6, 6.07) is 3.48. The van der Waals surface area contributed by atoms with Gasteiger partial charge in [-0.15, -0.1) is 5.06 Å². The van der Waals surface area contributed by atoms with E-state index in [1.807, 2.05) is 0 Å². The van der Waals surface area contributed by atoms with Crippen LogP contribution in [-0.2, 0) is 9.57 Å². The summed E-state index contributed by atoms with van der Waals surface area (Å²) >= 11 is 0. The third-order valence-electron chi connectivity index (χ3n) is 4.45. The van der Waals surface area contributed by atoms with Crippen LogP contribution < -0.4 is 14.8 Å². The highest BCUT2D eigenvalue weighted by molar-refractivity contribution is 5.60. The minimum absolute atomic E-state index is 0.0886. The number of carbonyl (C=O) groups is 1. The second kappa shape index (κ2) is 10.9. The van der Waals surface area contributed by atoms with Crippen LogP contribution in [-0.4, -0.2) is 53.1 Å². The van der Waals surface area contributed by atoms with Gasteiger partial charge in [0, 0.05) is 44.1 Å². The molecule has 0 radical (unpaired) electrons. The number of hydrogen-bond donors (Lipinski definition) is 1. The van der Waals surface area contributed by atoms with Crippen molar-refractivity contribution in [2.45, 2.75) is 45.8 Å². The molecule has 0 saturated carbocycles. The maximum Gasteiger partial charge on any atom is 0.528 e. The van der Waals surface area contributed by atoms with E-state index < -0.39 is 17.8 Å². The molecule has 174 valence electrons. The fraction of sp³-hybridized carbons (Fsp3) is 0.476. The Hall–Kier alpha value is -3.21. The molecule has 2 heterocycles. The van der Waals surface area contributed by atoms with Crippen molar-refractivity contribution in [1.29, 1.82) is 0 Å². The van der Waals surface area contributed by atoms with E-state index in [1.54, 1.807) is 20.8 Å². The van der Waals surface area contributed by atoms with Gasteiger partial charge < -0.3 is 24.4 Å². The number of rotatable bonds is 8. The number of hydroxylamine groups is 2. The third kappa shape index (κ3) is 6.64. The van der Waals surface area contributed by atoms with E-state index in [2.05, 4.69) is 15.3 Å². The number of aromatic nitrogens is 2. The summed E-state index contributed by atoms with van der Waals surface area (Å²) in [6.07, 6.45) is 1.32. The number of halogens is 2. The van der Waals surface area contributed by atoms with Gasteiger partial charge in [-0.05, 0) is 20.8 Å². The number of ether oxygens (including phenoxy) is 3. The highest BCUT2D eigenvalue weighted by atomic mass is 19.1. The number of anilines is 2. The molecule has 32 heavy (non-hydrogen) atoms. The van der Waals surface area contributed by atoms with Gasteiger partial charge >= 0.3 is 6.16 Å². The Morgan fingerprint density at radius 1 is 1.19 bits per heavy atom. The van der Waals surface area contributed by atoms with Crippen LogP contribution in [0.5, 0.6) is 11.6 Å². The predicted molar refractivity (Wildman–Crippen MR) is 111 cm³/mol. The topological polar surface area (TPSA) is 95.0 Å². The highest BCUT2D eigenvalue weighted by Crippen LogP contribution is 2.28. The van der Waals surface area contributed by atoms with Crippen LogP contribution in [0.2, 0.25) is 0 Å². The Balaban J connectivity index is 1.55. The van der Waals surface area contributed by atoms with E-state index in [-0.39, 0.29) is 41.9 Å². The Bertz CT molecular complexity index is 923. The summed E-state index contributed by atoms with van der Waals surface area (Å²) in [5, 5.41) is 4.25. The van der Waals surface area contributed by atoms with Crippen molar-refractivity contribution in [1.82, 2.24) is 15.0 Å². The van der Waals surface area contributed by atoms with Crippen molar-refractivity contribution in [3.8, 4) is 11.6 Å². The lowest BCUT2D eigenvalue weighted by Gasteiger charge is -2.30. The second-order valence-electron chi connectivity index (χ2n) is 7.32. The van der Waals surface area contributed by atoms with E-state index in [0.717, 1.165) is 12.1 Å². The van der Waals surface area contributed by atoms with Crippen LogP contribution in [0.25, 0.3) is 0 Å². The first-order valence-corrected chi connectivity index (χ1v) is 10.3. The summed E-state index contributed by atoms with van der Waals surface area (Å²) in [5.41, 5.74) is -0.0886. The lowest BCUT2D eigenvalue weighted by atomic mass is 10.1. The molecule has 1 aromatic heterocycles. The molecule has 1 N–H and O–H groups in total. The van der Waals surface area contributed by atoms with Gasteiger partial charge in [0.05, 0.1) is 18.4 Å². The zero-order valence-corrected chi connectivity index (χ0v) is 18.1. The molecule has 0 spiro atoms. The van der Waals surface area contributed by atoms with Gasteiger partial charge in [-0.1, -0.05) is 0 Å². The molecular formula is C21H26F2N4O5. The first-order valence-electron chi connectivity index (χ1n) is 10.3. The molecule has 0 unspecified atom stereocenters. The molecule has 3 rings (SSSR count). The van der Waals surface area contributed by atoms with Gasteiger partial charge in [0.15, 0.2) is 17.4 Å². The number of hydrogen-bond acceptors (Lipinski definition) is 9. The average molecular weight is 452 g/mol. The third-order valence-corrected chi connectivity index (χ3v) is 4.45. The lowest BCUT2D eigenvalue weighted by molar-refractivity contribution is -0.151. The molecule has 11 heteroatoms. The SMILES string of the molecule is CCOc1cc(F)c(Nc2cc(OC3CCN(OC(=O)OC(C)C)CC3)ncn2)cc1F. The van der Waals surface area contributed by atoms with Crippen LogP contribution in [0.1, 0.15) is 33.6 Å². The second-order valence-corrected chi connectivity index (χ2v) is 7.32. The van der Waals surface area contributed by atoms with Crippen LogP contribution >= 0.6 is 0 Å². The molecule has 1 aromatic carbocycles. The van der Waals surface area contributed by atoms with Crippen molar-refractivity contribution in [2.24, 2.45) is 0 Å². The molecule has 0 aliphatic carbocycles. The van der Waals surface area contributed by atoms with E-state index in [9.17, 15) is 13.6 Å². The number of nitrogens with one attached hydrogen (secondary N) is 1. The van der Waals surface area contributed by atoms with Crippen molar-refractivity contribution in [3.63, 3.8) is 0 Å². The van der Waals surface area contributed by atoms with Gasteiger partial charge in [0.2, 0.25) is 5.88 Å². The molecule has 1 aliphatic heterocycles. The number of nitrogens with zero attached hydrogens (tertiary/aromatic N) is 3. The molecule has 0 amide bonds. The largest absolute Gasteiger partial charge is 0.528 e. The highest BCUT2D eigenvalue weighted by Gasteiger charge is 2.24. The predicted octanol–water partition coefficient (Wildman–Crippen LogP) is 4.22. The van der Waals surface area contributed by atoms with Crippen molar-refractivity contribution in [3.05, 3.63) is 36.2 Å². The Kier molecular flexibility index (Phi) is 7.98. The van der Waals surface area contributed by atoms with E-state index in [1.165, 1.54) is 17.5 Å². The zero-order chi connectivity index (χ0) is 23.1. The molecule has 1 saturated heterocycles. The van der Waals surface area contributed by atoms with Crippen molar-refractivity contribution >= 4 is 17.7 Å². The summed E-state index contributed by atoms with van der Waals surface area (Å²) in [4.78, 5) is 24.8. The molecule has 1 aliphatic rings. The smallest absolute Gasteiger partial charge is 0.491 e. The Morgan fingerprint density at radius 2 is 1.94 bits per heavy atom. The molecule has 9 nitrogen and oxygen atoms in total. The lowest BCUT2D eigenvalue weighted by Crippen LogP contribution is -2.40. The summed E-state index contributed by atoms with van der Waals surface area (Å²) in [7, 11) is 0. The summed E-state index contributed by atoms with van der Waals surface area (Å²) < 4.78 is 44.2. The first-order chi connectivity index (χ1) is 15.3. The Morgan fingerprint density at radius 3 is 2.62 bits per heavy atom. The summed E-state index contributed by atoms with van der Waals surface area (Å²) in [6.45, 7) is 6.35. The monoisotopic (exact) mass is 452 g/mol. The fourth-order valence-corrected chi connectivity index (χ4v) is 3.03. The molecule has 1 fully saturated rings. The number of piperidine rings is 1. The van der Waals surface area contributed by atoms with Crippen molar-refractivity contribution in [2.75, 3.05) is 25.0 Å². The van der Waals surface area contributed by atoms with Crippen LogP contribution in [0.4, 0.5) is 25.1 Å². The van der Waals surface area contributed by atoms with Gasteiger partial charge in [-0.3, -0.25) is 0 Å². The van der Waals surface area contributed by atoms with Crippen LogP contribution in [0.15, 0.2) is 24.5 Å². The molecule has 2 aromatic rings. The molecule has 0 atom stereocenters.